The molecule has 2 bridgehead atoms. The van der Waals surface area contributed by atoms with Gasteiger partial charge >= 0.3 is 7.32 Å². The molecule has 2 aliphatic heterocycles. The number of benzene rings is 2. The molecule has 5 heteroatoms. The normalized spacial score (nSPS) is 14.1. The minimum absolute atomic E-state index is 0.578. The van der Waals surface area contributed by atoms with Gasteiger partial charge < -0.3 is 19.7 Å². The fraction of sp³-hybridized carbons (Fsp3) is 0.143. The fourth-order valence-corrected chi connectivity index (χ4v) is 2.56. The Kier molecular flexibility index (Phi) is 2.23. The Hall–Kier alpha value is -2.14. The summed E-state index contributed by atoms with van der Waals surface area (Å²) in [7, 11) is -0.625. The van der Waals surface area contributed by atoms with Crippen molar-refractivity contribution in [1.29, 1.82) is 0 Å². The van der Waals surface area contributed by atoms with E-state index in [0.717, 1.165) is 40.4 Å². The zero-order valence-corrected chi connectivity index (χ0v) is 10.3. The van der Waals surface area contributed by atoms with Crippen LogP contribution in [0.25, 0.3) is 11.1 Å². The largest absolute Gasteiger partial charge is 0.864 e. The van der Waals surface area contributed by atoms with Crippen LogP contribution in [0.15, 0.2) is 36.4 Å². The Morgan fingerprint density at radius 2 is 1.68 bits per heavy atom. The fourth-order valence-electron chi connectivity index (χ4n) is 2.56. The van der Waals surface area contributed by atoms with Crippen molar-refractivity contribution in [3.63, 3.8) is 0 Å². The van der Waals surface area contributed by atoms with Crippen molar-refractivity contribution in [3.8, 4) is 28.4 Å². The van der Waals surface area contributed by atoms with Crippen molar-refractivity contribution < 1.29 is 14.0 Å². The summed E-state index contributed by atoms with van der Waals surface area (Å²) in [5, 5.41) is 0. The lowest BCUT2D eigenvalue weighted by Crippen LogP contribution is -2.29. The first-order valence-corrected chi connectivity index (χ1v) is 6.32. The molecule has 0 saturated carbocycles. The van der Waals surface area contributed by atoms with Crippen LogP contribution in [0.3, 0.4) is 0 Å². The Morgan fingerprint density at radius 1 is 0.947 bits per heavy atom. The molecule has 0 amide bonds. The molecule has 0 saturated heterocycles. The van der Waals surface area contributed by atoms with Crippen LogP contribution < -0.4 is 19.7 Å². The third-order valence-electron chi connectivity index (χ3n) is 3.41. The third-order valence-corrected chi connectivity index (χ3v) is 3.41. The second kappa shape index (κ2) is 3.93. The van der Waals surface area contributed by atoms with Gasteiger partial charge in [-0.1, -0.05) is 30.3 Å². The highest BCUT2D eigenvalue weighted by Crippen LogP contribution is 2.54. The van der Waals surface area contributed by atoms with Gasteiger partial charge in [-0.3, -0.25) is 0 Å². The lowest BCUT2D eigenvalue weighted by molar-refractivity contribution is 0.382. The van der Waals surface area contributed by atoms with Crippen LogP contribution in [-0.2, 0) is 6.42 Å². The van der Waals surface area contributed by atoms with E-state index in [1.54, 1.807) is 0 Å². The van der Waals surface area contributed by atoms with Crippen molar-refractivity contribution in [2.24, 2.45) is 5.73 Å². The van der Waals surface area contributed by atoms with E-state index in [2.05, 4.69) is 18.2 Å². The van der Waals surface area contributed by atoms with Crippen LogP contribution in [0, 0.1) is 0 Å². The maximum absolute atomic E-state index is 5.67. The average molecular weight is 253 g/mol. The van der Waals surface area contributed by atoms with Crippen molar-refractivity contribution in [1.82, 2.24) is 0 Å². The van der Waals surface area contributed by atoms with Crippen molar-refractivity contribution in [2.75, 3.05) is 6.54 Å². The summed E-state index contributed by atoms with van der Waals surface area (Å²) < 4.78 is 16.7. The average Bonchev–Trinajstić information content (AvgIpc) is 3.04. The van der Waals surface area contributed by atoms with Crippen LogP contribution in [0.1, 0.15) is 5.56 Å². The summed E-state index contributed by atoms with van der Waals surface area (Å²) in [4.78, 5) is 0. The predicted molar refractivity (Wildman–Crippen MR) is 72.3 cm³/mol. The summed E-state index contributed by atoms with van der Waals surface area (Å²) in [5.41, 5.74) is 8.88. The molecule has 0 radical (unpaired) electrons. The van der Waals surface area contributed by atoms with E-state index in [9.17, 15) is 0 Å². The second-order valence-electron chi connectivity index (χ2n) is 4.62. The van der Waals surface area contributed by atoms with Crippen LogP contribution in [0.4, 0.5) is 0 Å². The van der Waals surface area contributed by atoms with E-state index in [4.69, 9.17) is 19.7 Å². The first kappa shape index (κ1) is 10.8. The number of rotatable bonds is 3. The quantitative estimate of drug-likeness (QED) is 0.850. The molecule has 2 heterocycles. The van der Waals surface area contributed by atoms with Crippen LogP contribution in [0.5, 0.6) is 17.2 Å². The Balaban J connectivity index is 1.93. The molecular formula is C14H12BNO3. The highest BCUT2D eigenvalue weighted by Gasteiger charge is 2.49. The Bertz CT molecular complexity index is 645. The number of hydrogen-bond acceptors (Lipinski definition) is 4. The van der Waals surface area contributed by atoms with Gasteiger partial charge in [0.2, 0.25) is 0 Å². The molecule has 2 aromatic rings. The van der Waals surface area contributed by atoms with Crippen LogP contribution in [0.2, 0.25) is 0 Å². The molecule has 0 spiro atoms. The monoisotopic (exact) mass is 253 g/mol. The minimum Gasteiger partial charge on any atom is -0.486 e. The summed E-state index contributed by atoms with van der Waals surface area (Å²) in [6.45, 7) is 0.578. The van der Waals surface area contributed by atoms with Gasteiger partial charge in [-0.15, -0.1) is 0 Å². The molecule has 4 nitrogen and oxygen atoms in total. The van der Waals surface area contributed by atoms with E-state index in [-0.39, 0.29) is 0 Å². The van der Waals surface area contributed by atoms with Crippen molar-refractivity contribution in [2.45, 2.75) is 6.42 Å². The third kappa shape index (κ3) is 1.52. The first-order valence-electron chi connectivity index (χ1n) is 6.32. The van der Waals surface area contributed by atoms with Crippen molar-refractivity contribution >= 4 is 7.32 Å². The molecule has 4 rings (SSSR count). The van der Waals surface area contributed by atoms with Gasteiger partial charge in [0.25, 0.3) is 0 Å². The maximum Gasteiger partial charge on any atom is 0.864 e. The zero-order valence-electron chi connectivity index (χ0n) is 10.3. The lowest BCUT2D eigenvalue weighted by atomic mass is 9.98. The van der Waals surface area contributed by atoms with E-state index in [1.165, 1.54) is 0 Å². The second-order valence-corrected chi connectivity index (χ2v) is 4.62. The van der Waals surface area contributed by atoms with Crippen LogP contribution in [-0.4, -0.2) is 13.9 Å². The van der Waals surface area contributed by atoms with Crippen LogP contribution >= 0.6 is 0 Å². The van der Waals surface area contributed by atoms with Gasteiger partial charge in [0.15, 0.2) is 17.2 Å². The van der Waals surface area contributed by atoms with Crippen molar-refractivity contribution in [3.05, 3.63) is 42.0 Å². The molecule has 2 aromatic carbocycles. The summed E-state index contributed by atoms with van der Waals surface area (Å²) in [6, 6.07) is 12.2. The molecule has 0 atom stereocenters. The van der Waals surface area contributed by atoms with Gasteiger partial charge in [0.1, 0.15) is 0 Å². The molecule has 94 valence electrons. The zero-order chi connectivity index (χ0) is 12.8. The Labute approximate surface area is 111 Å². The lowest BCUT2D eigenvalue weighted by Gasteiger charge is -2.17. The minimum atomic E-state index is -0.625. The molecule has 0 unspecified atom stereocenters. The molecule has 0 fully saturated rings. The molecular weight excluding hydrogens is 241 g/mol. The molecule has 19 heavy (non-hydrogen) atoms. The van der Waals surface area contributed by atoms with Gasteiger partial charge in [-0.25, -0.2) is 0 Å². The van der Waals surface area contributed by atoms with Gasteiger partial charge in [-0.05, 0) is 30.2 Å². The maximum atomic E-state index is 5.67. The molecule has 0 aliphatic carbocycles. The molecule has 2 N–H and O–H groups in total. The smallest absolute Gasteiger partial charge is 0.486 e. The highest BCUT2D eigenvalue weighted by atomic mass is 16.8. The van der Waals surface area contributed by atoms with E-state index in [0.29, 0.717) is 6.54 Å². The first-order chi connectivity index (χ1) is 9.36. The summed E-state index contributed by atoms with van der Waals surface area (Å²) >= 11 is 0. The van der Waals surface area contributed by atoms with Gasteiger partial charge in [0, 0.05) is 5.56 Å². The highest BCUT2D eigenvalue weighted by molar-refractivity contribution is 6.43. The Morgan fingerprint density at radius 3 is 2.42 bits per heavy atom. The SMILES string of the molecule is NCCc1cc(-c2ccccc2)c2c3c1OB(O2)O3. The topological polar surface area (TPSA) is 53.7 Å². The van der Waals surface area contributed by atoms with E-state index < -0.39 is 7.32 Å². The summed E-state index contributed by atoms with van der Waals surface area (Å²) in [6.07, 6.45) is 0.762. The number of hydrogen-bond donors (Lipinski definition) is 1. The standard InChI is InChI=1S/C14H12BNO3/c16-7-6-10-8-11(9-4-2-1-3-5-9)13-14-12(10)17-15(18-13)19-14/h1-5,8H,6-7,16H2. The predicted octanol–water partition coefficient (Wildman–Crippen LogP) is 2.00. The molecule has 0 aromatic heterocycles. The van der Waals surface area contributed by atoms with Gasteiger partial charge in [0.05, 0.1) is 0 Å². The van der Waals surface area contributed by atoms with Gasteiger partial charge in [-0.2, -0.15) is 0 Å². The van der Waals surface area contributed by atoms with E-state index in [1.807, 2.05) is 18.2 Å². The number of fused-ring (bicyclic) bond motifs is 1. The number of nitrogens with two attached hydrogens (primary N) is 1. The molecule has 2 aliphatic rings. The van der Waals surface area contributed by atoms with E-state index >= 15 is 0 Å². The summed E-state index contributed by atoms with van der Waals surface area (Å²) in [5.74, 6) is 2.28.